The molecule has 1 aliphatic rings. The Labute approximate surface area is 178 Å². The number of hydrogen-bond donors (Lipinski definition) is 1. The first-order chi connectivity index (χ1) is 13.6. The Hall–Kier alpha value is -2.27. The lowest BCUT2D eigenvalue weighted by Gasteiger charge is -2.26. The largest absolute Gasteiger partial charge is 0.326 e. The van der Waals surface area contributed by atoms with E-state index in [0.717, 1.165) is 28.9 Å². The lowest BCUT2D eigenvalue weighted by atomic mass is 9.94. The Kier molecular flexibility index (Phi) is 6.37. The van der Waals surface area contributed by atoms with Gasteiger partial charge < -0.3 is 10.2 Å². The number of benzene rings is 2. The van der Waals surface area contributed by atoms with E-state index in [9.17, 15) is 9.59 Å². The average molecular weight is 411 g/mol. The molecule has 29 heavy (non-hydrogen) atoms. The van der Waals surface area contributed by atoms with E-state index < -0.39 is 5.41 Å². The summed E-state index contributed by atoms with van der Waals surface area (Å²) >= 11 is 1.81. The molecular weight excluding hydrogens is 380 g/mol. The summed E-state index contributed by atoms with van der Waals surface area (Å²) < 4.78 is 0. The maximum absolute atomic E-state index is 12.7. The number of anilines is 2. The first-order valence-electron chi connectivity index (χ1n) is 10.1. The zero-order valence-corrected chi connectivity index (χ0v) is 18.7. The minimum Gasteiger partial charge on any atom is -0.326 e. The normalized spacial score (nSPS) is 13.5. The van der Waals surface area contributed by atoms with Crippen molar-refractivity contribution in [3.63, 3.8) is 0 Å². The molecule has 0 bridgehead atoms. The van der Waals surface area contributed by atoms with E-state index in [1.54, 1.807) is 0 Å². The van der Waals surface area contributed by atoms with E-state index in [-0.39, 0.29) is 11.8 Å². The van der Waals surface area contributed by atoms with Crippen LogP contribution in [0.3, 0.4) is 0 Å². The molecule has 1 aliphatic heterocycles. The van der Waals surface area contributed by atoms with E-state index in [2.05, 4.69) is 31.3 Å². The van der Waals surface area contributed by atoms with Crippen molar-refractivity contribution in [2.45, 2.75) is 57.6 Å². The molecule has 2 aromatic carbocycles. The van der Waals surface area contributed by atoms with Crippen molar-refractivity contribution in [1.82, 2.24) is 0 Å². The van der Waals surface area contributed by atoms with E-state index in [4.69, 9.17) is 0 Å². The van der Waals surface area contributed by atoms with Crippen LogP contribution in [-0.4, -0.2) is 23.6 Å². The highest BCUT2D eigenvalue weighted by Gasteiger charge is 2.32. The third-order valence-electron chi connectivity index (χ3n) is 4.81. The second-order valence-electron chi connectivity index (χ2n) is 8.84. The zero-order valence-electron chi connectivity index (χ0n) is 17.9. The average Bonchev–Trinajstić information content (AvgIpc) is 3.04. The number of hydrogen-bond acceptors (Lipinski definition) is 3. The molecule has 0 saturated heterocycles. The van der Waals surface area contributed by atoms with Gasteiger partial charge in [-0.1, -0.05) is 52.8 Å². The van der Waals surface area contributed by atoms with Crippen molar-refractivity contribution in [2.75, 3.05) is 16.8 Å². The molecule has 0 unspecified atom stereocenters. The fourth-order valence-electron chi connectivity index (χ4n) is 3.42. The van der Waals surface area contributed by atoms with Crippen LogP contribution in [0.5, 0.6) is 0 Å². The van der Waals surface area contributed by atoms with Crippen molar-refractivity contribution in [1.29, 1.82) is 0 Å². The second kappa shape index (κ2) is 8.62. The van der Waals surface area contributed by atoms with Gasteiger partial charge in [0, 0.05) is 33.5 Å². The van der Waals surface area contributed by atoms with Gasteiger partial charge in [-0.25, -0.2) is 0 Å². The Balaban J connectivity index is 1.67. The van der Waals surface area contributed by atoms with Crippen molar-refractivity contribution in [3.05, 3.63) is 53.6 Å². The van der Waals surface area contributed by atoms with Crippen molar-refractivity contribution >= 4 is 35.0 Å². The number of rotatable bonds is 5. The van der Waals surface area contributed by atoms with Gasteiger partial charge in [0.15, 0.2) is 0 Å². The lowest BCUT2D eigenvalue weighted by Crippen LogP contribution is -2.38. The minimum absolute atomic E-state index is 0.0547. The first kappa shape index (κ1) is 21.4. The standard InChI is InChI=1S/C24H30N2O2S/c1-16(2)29-20-10-6-17(7-11-20)14-22(27)25-19-9-8-18-12-13-26(21(18)15-19)23(28)24(3,4)5/h6-11,15-16H,12-14H2,1-5H3,(H,25,27). The molecule has 0 aliphatic carbocycles. The molecule has 0 fully saturated rings. The van der Waals surface area contributed by atoms with Crippen LogP contribution < -0.4 is 10.2 Å². The predicted molar refractivity (Wildman–Crippen MR) is 122 cm³/mol. The van der Waals surface area contributed by atoms with Crippen LogP contribution in [0, 0.1) is 5.41 Å². The summed E-state index contributed by atoms with van der Waals surface area (Å²) in [5.74, 6) is 0.0555. The van der Waals surface area contributed by atoms with Gasteiger partial charge in [-0.3, -0.25) is 9.59 Å². The predicted octanol–water partition coefficient (Wildman–Crippen LogP) is 5.30. The van der Waals surface area contributed by atoms with Crippen LogP contribution in [0.2, 0.25) is 0 Å². The maximum Gasteiger partial charge on any atom is 0.232 e. The van der Waals surface area contributed by atoms with Gasteiger partial charge >= 0.3 is 0 Å². The number of thioether (sulfide) groups is 1. The molecular formula is C24H30N2O2S. The highest BCUT2D eigenvalue weighted by Crippen LogP contribution is 2.34. The van der Waals surface area contributed by atoms with Crippen LogP contribution >= 0.6 is 11.8 Å². The van der Waals surface area contributed by atoms with Gasteiger partial charge in [-0.2, -0.15) is 0 Å². The van der Waals surface area contributed by atoms with Crippen LogP contribution in [0.25, 0.3) is 0 Å². The second-order valence-corrected chi connectivity index (χ2v) is 10.5. The third kappa shape index (κ3) is 5.41. The Morgan fingerprint density at radius 2 is 1.79 bits per heavy atom. The number of fused-ring (bicyclic) bond motifs is 1. The smallest absolute Gasteiger partial charge is 0.232 e. The van der Waals surface area contributed by atoms with Gasteiger partial charge in [0.25, 0.3) is 0 Å². The summed E-state index contributed by atoms with van der Waals surface area (Å²) in [6.07, 6.45) is 1.18. The Morgan fingerprint density at radius 1 is 1.10 bits per heavy atom. The van der Waals surface area contributed by atoms with Crippen molar-refractivity contribution < 1.29 is 9.59 Å². The molecule has 1 N–H and O–H groups in total. The summed E-state index contributed by atoms with van der Waals surface area (Å²) in [5.41, 5.74) is 3.35. The number of carbonyl (C=O) groups is 2. The topological polar surface area (TPSA) is 49.4 Å². The third-order valence-corrected chi connectivity index (χ3v) is 5.83. The van der Waals surface area contributed by atoms with Gasteiger partial charge in [0.1, 0.15) is 0 Å². The number of amides is 2. The SMILES string of the molecule is CC(C)Sc1ccc(CC(=O)Nc2ccc3c(c2)N(C(=O)C(C)(C)C)CC3)cc1. The lowest BCUT2D eigenvalue weighted by molar-refractivity contribution is -0.125. The fraction of sp³-hybridized carbons (Fsp3) is 0.417. The zero-order chi connectivity index (χ0) is 21.2. The molecule has 2 amide bonds. The molecule has 0 atom stereocenters. The van der Waals surface area contributed by atoms with Crippen molar-refractivity contribution in [2.24, 2.45) is 5.41 Å². The van der Waals surface area contributed by atoms with Gasteiger partial charge in [-0.15, -0.1) is 11.8 Å². The van der Waals surface area contributed by atoms with Gasteiger partial charge in [0.2, 0.25) is 11.8 Å². The van der Waals surface area contributed by atoms with Crippen LogP contribution in [-0.2, 0) is 22.4 Å². The maximum atomic E-state index is 12.7. The first-order valence-corrected chi connectivity index (χ1v) is 11.0. The quantitative estimate of drug-likeness (QED) is 0.680. The molecule has 0 radical (unpaired) electrons. The van der Waals surface area contributed by atoms with E-state index in [1.165, 1.54) is 4.90 Å². The molecule has 0 spiro atoms. The fourth-order valence-corrected chi connectivity index (χ4v) is 4.26. The number of carbonyl (C=O) groups excluding carboxylic acids is 2. The number of nitrogens with one attached hydrogen (secondary N) is 1. The summed E-state index contributed by atoms with van der Waals surface area (Å²) in [6.45, 7) is 10.8. The summed E-state index contributed by atoms with van der Waals surface area (Å²) in [5, 5.41) is 3.52. The molecule has 0 saturated carbocycles. The summed E-state index contributed by atoms with van der Waals surface area (Å²) in [7, 11) is 0. The summed E-state index contributed by atoms with van der Waals surface area (Å²) in [6, 6.07) is 14.0. The van der Waals surface area contributed by atoms with E-state index in [0.29, 0.717) is 18.2 Å². The number of nitrogens with zero attached hydrogens (tertiary/aromatic N) is 1. The van der Waals surface area contributed by atoms with E-state index in [1.807, 2.05) is 67.8 Å². The van der Waals surface area contributed by atoms with E-state index >= 15 is 0 Å². The molecule has 0 aromatic heterocycles. The monoisotopic (exact) mass is 410 g/mol. The molecule has 3 rings (SSSR count). The van der Waals surface area contributed by atoms with Crippen LogP contribution in [0.1, 0.15) is 45.7 Å². The Bertz CT molecular complexity index is 898. The summed E-state index contributed by atoms with van der Waals surface area (Å²) in [4.78, 5) is 28.3. The Morgan fingerprint density at radius 3 is 2.41 bits per heavy atom. The highest BCUT2D eigenvalue weighted by atomic mass is 32.2. The highest BCUT2D eigenvalue weighted by molar-refractivity contribution is 7.99. The van der Waals surface area contributed by atoms with Crippen molar-refractivity contribution in [3.8, 4) is 0 Å². The molecule has 1 heterocycles. The molecule has 154 valence electrons. The van der Waals surface area contributed by atoms with Gasteiger partial charge in [-0.05, 0) is 41.8 Å². The van der Waals surface area contributed by atoms with Crippen LogP contribution in [0.15, 0.2) is 47.4 Å². The molecule has 2 aromatic rings. The van der Waals surface area contributed by atoms with Gasteiger partial charge in [0.05, 0.1) is 6.42 Å². The molecule has 4 nitrogen and oxygen atoms in total. The van der Waals surface area contributed by atoms with Crippen LogP contribution in [0.4, 0.5) is 11.4 Å². The molecule has 5 heteroatoms. The minimum atomic E-state index is -0.430.